The molecule has 1 aromatic heterocycles. The number of rotatable bonds is 7. The van der Waals surface area contributed by atoms with Gasteiger partial charge in [-0.25, -0.2) is 9.67 Å². The molecule has 0 spiro atoms. The van der Waals surface area contributed by atoms with Gasteiger partial charge in [-0.3, -0.25) is 4.79 Å². The zero-order chi connectivity index (χ0) is 17.7. The van der Waals surface area contributed by atoms with E-state index < -0.39 is 10.5 Å². The zero-order valence-corrected chi connectivity index (χ0v) is 15.6. The quantitative estimate of drug-likeness (QED) is 0.508. The van der Waals surface area contributed by atoms with Crippen molar-refractivity contribution in [2.75, 3.05) is 5.88 Å². The topological polar surface area (TPSA) is 60.2 Å². The molecule has 0 aliphatic heterocycles. The van der Waals surface area contributed by atoms with Crippen LogP contribution >= 0.6 is 46.4 Å². The summed E-state index contributed by atoms with van der Waals surface area (Å²) in [5.74, 6) is -0.149. The van der Waals surface area contributed by atoms with Gasteiger partial charge in [0.2, 0.25) is 0 Å². The highest BCUT2D eigenvalue weighted by atomic mass is 35.5. The van der Waals surface area contributed by atoms with Gasteiger partial charge in [-0.1, -0.05) is 41.7 Å². The van der Waals surface area contributed by atoms with Gasteiger partial charge in [0.05, 0.1) is 5.88 Å². The lowest BCUT2D eigenvalue weighted by Crippen LogP contribution is -2.49. The summed E-state index contributed by atoms with van der Waals surface area (Å²) < 4.78 is -0.252. The van der Waals surface area contributed by atoms with Gasteiger partial charge >= 0.3 is 0 Å². The first-order valence-corrected chi connectivity index (χ1v) is 8.59. The van der Waals surface area contributed by atoms with Crippen molar-refractivity contribution in [1.29, 1.82) is 0 Å². The lowest BCUT2D eigenvalue weighted by Gasteiger charge is -2.36. The molecule has 130 valence electrons. The van der Waals surface area contributed by atoms with E-state index in [1.165, 1.54) is 17.3 Å². The summed E-state index contributed by atoms with van der Waals surface area (Å²) in [7, 11) is 0. The highest BCUT2D eigenvalue weighted by Crippen LogP contribution is 2.38. The van der Waals surface area contributed by atoms with Gasteiger partial charge in [0, 0.05) is 11.4 Å². The second kappa shape index (κ2) is 8.25. The van der Waals surface area contributed by atoms with E-state index in [0.717, 1.165) is 5.06 Å². The van der Waals surface area contributed by atoms with E-state index in [2.05, 4.69) is 10.1 Å². The van der Waals surface area contributed by atoms with Crippen molar-refractivity contribution < 1.29 is 9.63 Å². The normalized spacial score (nSPS) is 12.7. The van der Waals surface area contributed by atoms with Crippen LogP contribution in [0.5, 0.6) is 5.75 Å². The molecule has 0 fully saturated rings. The number of hydroxylamine groups is 2. The third-order valence-corrected chi connectivity index (χ3v) is 4.64. The minimum atomic E-state index is -1.56. The first kappa shape index (κ1) is 19.1. The summed E-state index contributed by atoms with van der Waals surface area (Å²) in [6.45, 7) is 1.68. The Hall–Kier alpha value is -1.21. The van der Waals surface area contributed by atoms with E-state index in [9.17, 15) is 4.79 Å². The van der Waals surface area contributed by atoms with Crippen molar-refractivity contribution in [3.8, 4) is 5.75 Å². The summed E-state index contributed by atoms with van der Waals surface area (Å²) in [5.41, 5.74) is 0. The Kier molecular flexibility index (Phi) is 6.57. The number of carbonyl (C=O) groups is 1. The van der Waals surface area contributed by atoms with Crippen LogP contribution in [-0.4, -0.2) is 35.9 Å². The third-order valence-electron chi connectivity index (χ3n) is 3.03. The van der Waals surface area contributed by atoms with E-state index >= 15 is 0 Å². The summed E-state index contributed by atoms with van der Waals surface area (Å²) in [6.07, 6.45) is 1.80. The zero-order valence-electron chi connectivity index (χ0n) is 12.6. The molecule has 0 aliphatic rings. The fourth-order valence-corrected chi connectivity index (χ4v) is 2.53. The Bertz CT molecular complexity index is 664. The summed E-state index contributed by atoms with van der Waals surface area (Å²) in [4.78, 5) is 22.0. The fourth-order valence-electron chi connectivity index (χ4n) is 1.89. The molecular formula is C14H14Cl4N4O2. The Balaban J connectivity index is 2.42. The first-order valence-electron chi connectivity index (χ1n) is 6.92. The van der Waals surface area contributed by atoms with Crippen LogP contribution in [0.3, 0.4) is 0 Å². The van der Waals surface area contributed by atoms with E-state index in [4.69, 9.17) is 51.2 Å². The number of nitrogens with zero attached hydrogens (tertiary/aromatic N) is 4. The number of amides is 1. The highest BCUT2D eigenvalue weighted by Gasteiger charge is 2.44. The van der Waals surface area contributed by atoms with Gasteiger partial charge in [0.1, 0.15) is 12.7 Å². The standard InChI is InChI=1S/C14H14Cl4N4O2/c1-2-12(23)22(24-11-5-3-10(16)4-6-11)13(14(17,18)7-15)21-9-19-8-20-21/h3-6,8-9,13H,2,7H2,1H3. The molecule has 0 bridgehead atoms. The van der Waals surface area contributed by atoms with Crippen molar-refractivity contribution in [2.45, 2.75) is 23.8 Å². The van der Waals surface area contributed by atoms with E-state index in [1.807, 2.05) is 0 Å². The molecule has 24 heavy (non-hydrogen) atoms. The SMILES string of the molecule is CCC(=O)N(Oc1ccc(Cl)cc1)C(n1cncn1)C(Cl)(Cl)CCl. The Labute approximate surface area is 159 Å². The summed E-state index contributed by atoms with van der Waals surface area (Å²) in [6, 6.07) is 6.49. The molecule has 10 heteroatoms. The predicted octanol–water partition coefficient (Wildman–Crippen LogP) is 4.08. The summed E-state index contributed by atoms with van der Waals surface area (Å²) in [5, 5.41) is 5.58. The van der Waals surface area contributed by atoms with Crippen LogP contribution in [0.25, 0.3) is 0 Å². The minimum Gasteiger partial charge on any atom is -0.375 e. The maximum absolute atomic E-state index is 12.4. The number of halogens is 4. The highest BCUT2D eigenvalue weighted by molar-refractivity contribution is 6.51. The molecular weight excluding hydrogens is 398 g/mol. The van der Waals surface area contributed by atoms with E-state index in [1.54, 1.807) is 31.2 Å². The molecule has 0 radical (unpaired) electrons. The van der Waals surface area contributed by atoms with Crippen LogP contribution in [-0.2, 0) is 4.79 Å². The molecule has 1 amide bonds. The van der Waals surface area contributed by atoms with Crippen LogP contribution in [0.1, 0.15) is 19.5 Å². The molecule has 1 aromatic carbocycles. The van der Waals surface area contributed by atoms with E-state index in [-0.39, 0.29) is 18.2 Å². The second-order valence-electron chi connectivity index (χ2n) is 4.76. The number of benzene rings is 1. The molecule has 0 saturated carbocycles. The second-order valence-corrected chi connectivity index (χ2v) is 7.01. The van der Waals surface area contributed by atoms with Crippen molar-refractivity contribution in [3.05, 3.63) is 41.9 Å². The Morgan fingerprint density at radius 1 is 1.38 bits per heavy atom. The van der Waals surface area contributed by atoms with Crippen LogP contribution in [0.4, 0.5) is 0 Å². The fraction of sp³-hybridized carbons (Fsp3) is 0.357. The van der Waals surface area contributed by atoms with Gasteiger partial charge in [-0.2, -0.15) is 5.10 Å². The average Bonchev–Trinajstić information content (AvgIpc) is 3.09. The number of hydrogen-bond acceptors (Lipinski definition) is 4. The number of aromatic nitrogens is 3. The van der Waals surface area contributed by atoms with Gasteiger partial charge in [-0.05, 0) is 24.3 Å². The lowest BCUT2D eigenvalue weighted by molar-refractivity contribution is -0.175. The van der Waals surface area contributed by atoms with Crippen LogP contribution in [0.15, 0.2) is 36.9 Å². The predicted molar refractivity (Wildman–Crippen MR) is 93.4 cm³/mol. The molecule has 2 aromatic rings. The summed E-state index contributed by atoms with van der Waals surface area (Å²) >= 11 is 24.4. The molecule has 1 atom stereocenters. The van der Waals surface area contributed by atoms with Gasteiger partial charge in [0.15, 0.2) is 16.2 Å². The molecule has 0 saturated heterocycles. The van der Waals surface area contributed by atoms with Crippen LogP contribution < -0.4 is 4.84 Å². The molecule has 1 unspecified atom stereocenters. The monoisotopic (exact) mass is 410 g/mol. The Morgan fingerprint density at radius 2 is 2.04 bits per heavy atom. The van der Waals surface area contributed by atoms with Crippen LogP contribution in [0.2, 0.25) is 5.02 Å². The molecule has 2 rings (SSSR count). The number of carbonyl (C=O) groups excluding carboxylic acids is 1. The average molecular weight is 412 g/mol. The van der Waals surface area contributed by atoms with Gasteiger partial charge < -0.3 is 4.84 Å². The molecule has 1 heterocycles. The minimum absolute atomic E-state index is 0.158. The van der Waals surface area contributed by atoms with Gasteiger partial charge in [-0.15, -0.1) is 16.7 Å². The third kappa shape index (κ3) is 4.45. The maximum Gasteiger partial charge on any atom is 0.257 e. The smallest absolute Gasteiger partial charge is 0.257 e. The molecule has 6 nitrogen and oxygen atoms in total. The van der Waals surface area contributed by atoms with Crippen LogP contribution in [0, 0.1) is 0 Å². The van der Waals surface area contributed by atoms with Gasteiger partial charge in [0.25, 0.3) is 5.91 Å². The van der Waals surface area contributed by atoms with E-state index in [0.29, 0.717) is 10.8 Å². The number of alkyl halides is 3. The van der Waals surface area contributed by atoms with Crippen molar-refractivity contribution in [3.63, 3.8) is 0 Å². The lowest BCUT2D eigenvalue weighted by atomic mass is 10.3. The number of hydrogen-bond donors (Lipinski definition) is 0. The van der Waals surface area contributed by atoms with Crippen molar-refractivity contribution in [2.24, 2.45) is 0 Å². The van der Waals surface area contributed by atoms with Crippen molar-refractivity contribution >= 4 is 52.3 Å². The largest absolute Gasteiger partial charge is 0.375 e. The molecule has 0 N–H and O–H groups in total. The maximum atomic E-state index is 12.4. The molecule has 0 aliphatic carbocycles. The first-order chi connectivity index (χ1) is 11.4. The Morgan fingerprint density at radius 3 is 2.54 bits per heavy atom. The van der Waals surface area contributed by atoms with Crippen molar-refractivity contribution in [1.82, 2.24) is 19.8 Å².